The fourth-order valence-corrected chi connectivity index (χ4v) is 3.76. The van der Waals surface area contributed by atoms with Crippen LogP contribution in [0.1, 0.15) is 37.8 Å². The van der Waals surface area contributed by atoms with Crippen molar-refractivity contribution in [2.24, 2.45) is 16.8 Å². The Hall–Kier alpha value is -1.87. The van der Waals surface area contributed by atoms with E-state index >= 15 is 0 Å². The number of ether oxygens (including phenoxy) is 1. The number of hydrogen-bond acceptors (Lipinski definition) is 3. The zero-order valence-corrected chi connectivity index (χ0v) is 14.3. The SMILES string of the molecule is C[C@@]1(C2C=CC=CC2)NC(COCC2CC2)=N[C@@H]1c1ccccc1. The summed E-state index contributed by atoms with van der Waals surface area (Å²) >= 11 is 0. The summed E-state index contributed by atoms with van der Waals surface area (Å²) < 4.78 is 5.88. The molecule has 3 nitrogen and oxygen atoms in total. The van der Waals surface area contributed by atoms with E-state index in [9.17, 15) is 0 Å². The molecule has 24 heavy (non-hydrogen) atoms. The topological polar surface area (TPSA) is 33.6 Å². The summed E-state index contributed by atoms with van der Waals surface area (Å²) in [7, 11) is 0. The van der Waals surface area contributed by atoms with E-state index in [2.05, 4.69) is 66.9 Å². The molecule has 1 aliphatic heterocycles. The second-order valence-corrected chi connectivity index (χ2v) is 7.41. The minimum absolute atomic E-state index is 0.110. The van der Waals surface area contributed by atoms with Crippen LogP contribution in [0.5, 0.6) is 0 Å². The van der Waals surface area contributed by atoms with E-state index in [0.29, 0.717) is 12.5 Å². The van der Waals surface area contributed by atoms with Gasteiger partial charge in [-0.2, -0.15) is 0 Å². The molecule has 0 saturated heterocycles. The molecule has 2 aliphatic carbocycles. The van der Waals surface area contributed by atoms with Crippen molar-refractivity contribution < 1.29 is 4.74 Å². The molecule has 126 valence electrons. The van der Waals surface area contributed by atoms with Crippen LogP contribution < -0.4 is 5.32 Å². The molecule has 1 aromatic rings. The van der Waals surface area contributed by atoms with Crippen LogP contribution in [0.15, 0.2) is 59.6 Å². The quantitative estimate of drug-likeness (QED) is 0.857. The Morgan fingerprint density at radius 2 is 2.04 bits per heavy atom. The molecule has 1 aromatic carbocycles. The average Bonchev–Trinajstić information content (AvgIpc) is 3.39. The first-order chi connectivity index (χ1) is 11.8. The minimum atomic E-state index is -0.110. The average molecular weight is 322 g/mol. The van der Waals surface area contributed by atoms with Gasteiger partial charge in [-0.3, -0.25) is 4.99 Å². The first-order valence-electron chi connectivity index (χ1n) is 9.06. The molecule has 0 aromatic heterocycles. The Kier molecular flexibility index (Phi) is 4.28. The molecule has 1 saturated carbocycles. The fraction of sp³-hybridized carbons (Fsp3) is 0.476. The van der Waals surface area contributed by atoms with Crippen LogP contribution in [0, 0.1) is 11.8 Å². The summed E-state index contributed by atoms with van der Waals surface area (Å²) in [5.41, 5.74) is 1.16. The van der Waals surface area contributed by atoms with E-state index in [1.807, 2.05) is 0 Å². The molecule has 0 bridgehead atoms. The lowest BCUT2D eigenvalue weighted by Crippen LogP contribution is -2.50. The molecule has 0 spiro atoms. The van der Waals surface area contributed by atoms with Gasteiger partial charge in [-0.25, -0.2) is 0 Å². The van der Waals surface area contributed by atoms with Crippen molar-refractivity contribution in [3.05, 3.63) is 60.2 Å². The molecule has 1 fully saturated rings. The van der Waals surface area contributed by atoms with Crippen LogP contribution in [0.25, 0.3) is 0 Å². The highest BCUT2D eigenvalue weighted by molar-refractivity contribution is 5.86. The van der Waals surface area contributed by atoms with Crippen LogP contribution in [0.2, 0.25) is 0 Å². The number of nitrogens with zero attached hydrogens (tertiary/aromatic N) is 1. The highest BCUT2D eigenvalue weighted by Gasteiger charge is 2.45. The van der Waals surface area contributed by atoms with Gasteiger partial charge in [0.05, 0.1) is 5.54 Å². The lowest BCUT2D eigenvalue weighted by Gasteiger charge is -2.38. The molecule has 3 aliphatic rings. The van der Waals surface area contributed by atoms with Gasteiger partial charge >= 0.3 is 0 Å². The smallest absolute Gasteiger partial charge is 0.124 e. The lowest BCUT2D eigenvalue weighted by atomic mass is 9.75. The summed E-state index contributed by atoms with van der Waals surface area (Å²) in [6.45, 7) is 3.78. The fourth-order valence-electron chi connectivity index (χ4n) is 3.76. The molecular formula is C21H26N2O. The summed E-state index contributed by atoms with van der Waals surface area (Å²) in [4.78, 5) is 5.03. The van der Waals surface area contributed by atoms with Crippen LogP contribution in [0.3, 0.4) is 0 Å². The standard InChI is InChI=1S/C21H26N2O/c1-21(18-10-6-3-7-11-18)20(17-8-4-2-5-9-17)22-19(23-21)15-24-14-16-12-13-16/h2-10,16,18,20H,11-15H2,1H3,(H,22,23)/t18?,20-,21+/m1/s1. The number of aliphatic imine (C=N–C) groups is 1. The predicted octanol–water partition coefficient (Wildman–Crippen LogP) is 4.05. The van der Waals surface area contributed by atoms with Crippen LogP contribution >= 0.6 is 0 Å². The van der Waals surface area contributed by atoms with Gasteiger partial charge in [0.25, 0.3) is 0 Å². The second kappa shape index (κ2) is 6.56. The Balaban J connectivity index is 1.55. The van der Waals surface area contributed by atoms with Gasteiger partial charge in [-0.1, -0.05) is 54.6 Å². The number of nitrogens with one attached hydrogen (secondary N) is 1. The van der Waals surface area contributed by atoms with Crippen molar-refractivity contribution in [3.63, 3.8) is 0 Å². The summed E-state index contributed by atoms with van der Waals surface area (Å²) in [5, 5.41) is 3.72. The number of amidine groups is 1. The van der Waals surface area contributed by atoms with Gasteiger partial charge in [0.1, 0.15) is 18.5 Å². The van der Waals surface area contributed by atoms with Crippen molar-refractivity contribution in [1.29, 1.82) is 0 Å². The molecule has 3 heteroatoms. The molecular weight excluding hydrogens is 296 g/mol. The van der Waals surface area contributed by atoms with E-state index < -0.39 is 0 Å². The number of rotatable bonds is 6. The minimum Gasteiger partial charge on any atom is -0.373 e. The number of benzene rings is 1. The molecule has 1 heterocycles. The first-order valence-corrected chi connectivity index (χ1v) is 9.06. The summed E-state index contributed by atoms with van der Waals surface area (Å²) in [6.07, 6.45) is 12.5. The zero-order chi connectivity index (χ0) is 16.4. The van der Waals surface area contributed by atoms with Crippen LogP contribution in [-0.4, -0.2) is 24.6 Å². The normalized spacial score (nSPS) is 31.8. The molecule has 1 N–H and O–H groups in total. The highest BCUT2D eigenvalue weighted by atomic mass is 16.5. The maximum Gasteiger partial charge on any atom is 0.124 e. The zero-order valence-electron chi connectivity index (χ0n) is 14.3. The highest BCUT2D eigenvalue weighted by Crippen LogP contribution is 2.42. The van der Waals surface area contributed by atoms with Crippen molar-refractivity contribution in [2.75, 3.05) is 13.2 Å². The number of hydrogen-bond donors (Lipinski definition) is 1. The third-order valence-corrected chi connectivity index (χ3v) is 5.42. The molecule has 3 atom stereocenters. The second-order valence-electron chi connectivity index (χ2n) is 7.41. The Bertz CT molecular complexity index is 660. The molecule has 4 rings (SSSR count). The predicted molar refractivity (Wildman–Crippen MR) is 98.1 cm³/mol. The van der Waals surface area contributed by atoms with Gasteiger partial charge in [-0.05, 0) is 37.7 Å². The van der Waals surface area contributed by atoms with Gasteiger partial charge in [0, 0.05) is 12.5 Å². The Morgan fingerprint density at radius 1 is 1.21 bits per heavy atom. The maximum absolute atomic E-state index is 5.88. The largest absolute Gasteiger partial charge is 0.373 e. The Labute approximate surface area is 144 Å². The van der Waals surface area contributed by atoms with Gasteiger partial charge < -0.3 is 10.1 Å². The van der Waals surface area contributed by atoms with Crippen LogP contribution in [-0.2, 0) is 4.74 Å². The van der Waals surface area contributed by atoms with Gasteiger partial charge in [0.15, 0.2) is 0 Å². The summed E-state index contributed by atoms with van der Waals surface area (Å²) in [5.74, 6) is 2.21. The van der Waals surface area contributed by atoms with Crippen LogP contribution in [0.4, 0.5) is 0 Å². The van der Waals surface area contributed by atoms with Crippen molar-refractivity contribution >= 4 is 5.84 Å². The van der Waals surface area contributed by atoms with E-state index in [-0.39, 0.29) is 11.6 Å². The summed E-state index contributed by atoms with van der Waals surface area (Å²) in [6, 6.07) is 10.8. The monoisotopic (exact) mass is 322 g/mol. The third kappa shape index (κ3) is 3.18. The van der Waals surface area contributed by atoms with Crippen molar-refractivity contribution in [1.82, 2.24) is 5.32 Å². The van der Waals surface area contributed by atoms with Gasteiger partial charge in [-0.15, -0.1) is 0 Å². The Morgan fingerprint density at radius 3 is 2.75 bits per heavy atom. The lowest BCUT2D eigenvalue weighted by molar-refractivity contribution is 0.157. The molecule has 0 radical (unpaired) electrons. The van der Waals surface area contributed by atoms with E-state index in [0.717, 1.165) is 24.8 Å². The van der Waals surface area contributed by atoms with Gasteiger partial charge in [0.2, 0.25) is 0 Å². The van der Waals surface area contributed by atoms with E-state index in [1.54, 1.807) is 0 Å². The van der Waals surface area contributed by atoms with E-state index in [4.69, 9.17) is 9.73 Å². The molecule has 1 unspecified atom stereocenters. The third-order valence-electron chi connectivity index (χ3n) is 5.42. The van der Waals surface area contributed by atoms with Crippen molar-refractivity contribution in [2.45, 2.75) is 37.8 Å². The van der Waals surface area contributed by atoms with E-state index in [1.165, 1.54) is 18.4 Å². The maximum atomic E-state index is 5.88. The first kappa shape index (κ1) is 15.6. The number of allylic oxidation sites excluding steroid dienone is 3. The van der Waals surface area contributed by atoms with Crippen molar-refractivity contribution in [3.8, 4) is 0 Å². The molecule has 0 amide bonds.